The minimum atomic E-state index is -0.629. The standard InChI is InChI=1S/C10H11Cl2NO2/c1-6(13)10(14)15-5-7-2-3-8(11)4-9(7)12/h2-4,6H,5,13H2,1H3. The number of carbonyl (C=O) groups is 1. The van der Waals surface area contributed by atoms with Gasteiger partial charge in [0.2, 0.25) is 0 Å². The second-order valence-corrected chi connectivity index (χ2v) is 3.98. The predicted octanol–water partition coefficient (Wildman–Crippen LogP) is 2.38. The molecule has 0 aliphatic rings. The molecule has 1 unspecified atom stereocenters. The number of carbonyl (C=O) groups excluding carboxylic acids is 1. The van der Waals surface area contributed by atoms with E-state index in [0.717, 1.165) is 0 Å². The number of esters is 1. The van der Waals surface area contributed by atoms with Gasteiger partial charge in [-0.25, -0.2) is 0 Å². The Balaban J connectivity index is 2.62. The zero-order valence-corrected chi connectivity index (χ0v) is 9.68. The molecule has 0 saturated carbocycles. The van der Waals surface area contributed by atoms with Crippen LogP contribution in [0, 0.1) is 0 Å². The van der Waals surface area contributed by atoms with Crippen molar-refractivity contribution in [3.05, 3.63) is 33.8 Å². The quantitative estimate of drug-likeness (QED) is 0.835. The lowest BCUT2D eigenvalue weighted by Gasteiger charge is -2.08. The van der Waals surface area contributed by atoms with Gasteiger partial charge in [0.25, 0.3) is 0 Å². The normalized spacial score (nSPS) is 12.3. The van der Waals surface area contributed by atoms with Gasteiger partial charge < -0.3 is 10.5 Å². The largest absolute Gasteiger partial charge is 0.460 e. The third-order valence-electron chi connectivity index (χ3n) is 1.76. The molecule has 0 saturated heterocycles. The second-order valence-electron chi connectivity index (χ2n) is 3.13. The number of nitrogens with two attached hydrogens (primary N) is 1. The molecule has 0 radical (unpaired) electrons. The molecular formula is C10H11Cl2NO2. The fourth-order valence-corrected chi connectivity index (χ4v) is 1.38. The molecule has 5 heteroatoms. The van der Waals surface area contributed by atoms with Crippen LogP contribution in [0.1, 0.15) is 12.5 Å². The number of ether oxygens (including phenoxy) is 1. The van der Waals surface area contributed by atoms with Crippen molar-refractivity contribution in [2.75, 3.05) is 0 Å². The first-order chi connectivity index (χ1) is 7.00. The molecule has 0 heterocycles. The molecule has 0 fully saturated rings. The molecule has 2 N–H and O–H groups in total. The second kappa shape index (κ2) is 5.35. The molecule has 0 aliphatic heterocycles. The van der Waals surface area contributed by atoms with Crippen LogP contribution in [0.2, 0.25) is 10.0 Å². The Morgan fingerprint density at radius 1 is 1.53 bits per heavy atom. The van der Waals surface area contributed by atoms with Crippen molar-refractivity contribution in [1.29, 1.82) is 0 Å². The highest BCUT2D eigenvalue weighted by Gasteiger charge is 2.10. The van der Waals surface area contributed by atoms with E-state index in [1.807, 2.05) is 0 Å². The van der Waals surface area contributed by atoms with Gasteiger partial charge in [-0.15, -0.1) is 0 Å². The topological polar surface area (TPSA) is 52.3 Å². The fraction of sp³-hybridized carbons (Fsp3) is 0.300. The Morgan fingerprint density at radius 3 is 2.73 bits per heavy atom. The van der Waals surface area contributed by atoms with Crippen LogP contribution in [0.5, 0.6) is 0 Å². The summed E-state index contributed by atoms with van der Waals surface area (Å²) in [6, 6.07) is 4.36. The van der Waals surface area contributed by atoms with Gasteiger partial charge in [0.05, 0.1) is 0 Å². The molecule has 3 nitrogen and oxygen atoms in total. The maximum absolute atomic E-state index is 11.1. The van der Waals surface area contributed by atoms with Crippen LogP contribution in [-0.4, -0.2) is 12.0 Å². The summed E-state index contributed by atoms with van der Waals surface area (Å²) in [6.45, 7) is 1.67. The lowest BCUT2D eigenvalue weighted by molar-refractivity contribution is -0.146. The Kier molecular flexibility index (Phi) is 4.39. The molecule has 1 aromatic rings. The summed E-state index contributed by atoms with van der Waals surface area (Å²) >= 11 is 11.6. The summed E-state index contributed by atoms with van der Waals surface area (Å²) in [7, 11) is 0. The van der Waals surface area contributed by atoms with E-state index in [0.29, 0.717) is 15.6 Å². The average Bonchev–Trinajstić information content (AvgIpc) is 2.15. The average molecular weight is 248 g/mol. The highest BCUT2D eigenvalue weighted by molar-refractivity contribution is 6.35. The van der Waals surface area contributed by atoms with Gasteiger partial charge >= 0.3 is 5.97 Å². The van der Waals surface area contributed by atoms with Crippen LogP contribution in [0.3, 0.4) is 0 Å². The number of hydrogen-bond acceptors (Lipinski definition) is 3. The van der Waals surface area contributed by atoms with Crippen LogP contribution in [0.25, 0.3) is 0 Å². The van der Waals surface area contributed by atoms with Crippen LogP contribution >= 0.6 is 23.2 Å². The van der Waals surface area contributed by atoms with Crippen LogP contribution in [0.15, 0.2) is 18.2 Å². The molecule has 0 aromatic heterocycles. The summed E-state index contributed by atoms with van der Waals surface area (Å²) in [4.78, 5) is 11.1. The molecule has 0 bridgehead atoms. The summed E-state index contributed by atoms with van der Waals surface area (Å²) in [5.41, 5.74) is 6.04. The number of halogens is 2. The first-order valence-corrected chi connectivity index (χ1v) is 5.12. The third-order valence-corrected chi connectivity index (χ3v) is 2.34. The maximum atomic E-state index is 11.1. The van der Waals surface area contributed by atoms with Crippen LogP contribution in [0.4, 0.5) is 0 Å². The highest BCUT2D eigenvalue weighted by Crippen LogP contribution is 2.21. The van der Waals surface area contributed by atoms with Crippen molar-refractivity contribution >= 4 is 29.2 Å². The molecular weight excluding hydrogens is 237 g/mol. The first-order valence-electron chi connectivity index (χ1n) is 4.37. The van der Waals surface area contributed by atoms with Crippen molar-refractivity contribution in [3.63, 3.8) is 0 Å². The zero-order chi connectivity index (χ0) is 11.4. The van der Waals surface area contributed by atoms with Crippen molar-refractivity contribution in [2.45, 2.75) is 19.6 Å². The molecule has 0 spiro atoms. The molecule has 82 valence electrons. The Bertz CT molecular complexity index is 366. The van der Waals surface area contributed by atoms with Crippen LogP contribution < -0.4 is 5.73 Å². The molecule has 1 atom stereocenters. The van der Waals surface area contributed by atoms with E-state index < -0.39 is 12.0 Å². The van der Waals surface area contributed by atoms with E-state index in [9.17, 15) is 4.79 Å². The molecule has 1 aromatic carbocycles. The SMILES string of the molecule is CC(N)C(=O)OCc1ccc(Cl)cc1Cl. The van der Waals surface area contributed by atoms with E-state index in [1.54, 1.807) is 25.1 Å². The zero-order valence-electron chi connectivity index (χ0n) is 8.17. The fourth-order valence-electron chi connectivity index (χ4n) is 0.919. The van der Waals surface area contributed by atoms with Gasteiger partial charge in [0.1, 0.15) is 12.6 Å². The lowest BCUT2D eigenvalue weighted by atomic mass is 10.2. The van der Waals surface area contributed by atoms with Crippen molar-refractivity contribution in [2.24, 2.45) is 5.73 Å². The predicted molar refractivity (Wildman–Crippen MR) is 59.9 cm³/mol. The molecule has 1 rings (SSSR count). The van der Waals surface area contributed by atoms with Crippen LogP contribution in [-0.2, 0) is 16.1 Å². The third kappa shape index (κ3) is 3.70. The van der Waals surface area contributed by atoms with Gasteiger partial charge in [-0.2, -0.15) is 0 Å². The van der Waals surface area contributed by atoms with Crippen molar-refractivity contribution in [1.82, 2.24) is 0 Å². The first kappa shape index (κ1) is 12.3. The van der Waals surface area contributed by atoms with Crippen molar-refractivity contribution < 1.29 is 9.53 Å². The summed E-state index contributed by atoms with van der Waals surface area (Å²) < 4.78 is 4.92. The van der Waals surface area contributed by atoms with E-state index in [1.165, 1.54) is 0 Å². The summed E-state index contributed by atoms with van der Waals surface area (Å²) in [5, 5.41) is 1.02. The van der Waals surface area contributed by atoms with E-state index in [-0.39, 0.29) is 6.61 Å². The smallest absolute Gasteiger partial charge is 0.322 e. The highest BCUT2D eigenvalue weighted by atomic mass is 35.5. The number of hydrogen-bond donors (Lipinski definition) is 1. The van der Waals surface area contributed by atoms with Gasteiger partial charge in [-0.1, -0.05) is 29.3 Å². The number of rotatable bonds is 3. The van der Waals surface area contributed by atoms with Gasteiger partial charge in [0, 0.05) is 15.6 Å². The minimum absolute atomic E-state index is 0.108. The lowest BCUT2D eigenvalue weighted by Crippen LogP contribution is -2.28. The Morgan fingerprint density at radius 2 is 2.20 bits per heavy atom. The van der Waals surface area contributed by atoms with Crippen molar-refractivity contribution in [3.8, 4) is 0 Å². The van der Waals surface area contributed by atoms with E-state index >= 15 is 0 Å². The van der Waals surface area contributed by atoms with Gasteiger partial charge in [-0.05, 0) is 19.1 Å². The van der Waals surface area contributed by atoms with Gasteiger partial charge in [0.15, 0.2) is 0 Å². The monoisotopic (exact) mass is 247 g/mol. The number of benzene rings is 1. The molecule has 15 heavy (non-hydrogen) atoms. The van der Waals surface area contributed by atoms with Gasteiger partial charge in [-0.3, -0.25) is 4.79 Å². The maximum Gasteiger partial charge on any atom is 0.322 e. The summed E-state index contributed by atoms with van der Waals surface area (Å²) in [5.74, 6) is -0.457. The minimum Gasteiger partial charge on any atom is -0.460 e. The van der Waals surface area contributed by atoms with E-state index in [4.69, 9.17) is 33.7 Å². The van der Waals surface area contributed by atoms with E-state index in [2.05, 4.69) is 0 Å². The Hall–Kier alpha value is -0.770. The summed E-state index contributed by atoms with van der Waals surface area (Å²) in [6.07, 6.45) is 0. The Labute approximate surface area is 98.1 Å². The molecule has 0 amide bonds. The molecule has 0 aliphatic carbocycles.